The first-order valence-electron chi connectivity index (χ1n) is 10.2. The van der Waals surface area contributed by atoms with Crippen molar-refractivity contribution in [1.82, 2.24) is 15.4 Å². The molecule has 182 valence electrons. The van der Waals surface area contributed by atoms with Crippen molar-refractivity contribution in [3.63, 3.8) is 0 Å². The van der Waals surface area contributed by atoms with Gasteiger partial charge in [0.25, 0.3) is 0 Å². The molecule has 0 fully saturated rings. The Morgan fingerprint density at radius 1 is 1.25 bits per heavy atom. The lowest BCUT2D eigenvalue weighted by molar-refractivity contribution is -0.178. The first kappa shape index (κ1) is 27.8. The van der Waals surface area contributed by atoms with Crippen LogP contribution in [-0.2, 0) is 14.4 Å². The summed E-state index contributed by atoms with van der Waals surface area (Å²) < 4.78 is 38.4. The highest BCUT2D eigenvalue weighted by molar-refractivity contribution is 7.13. The van der Waals surface area contributed by atoms with Crippen LogP contribution < -0.4 is 10.6 Å². The van der Waals surface area contributed by atoms with Crippen LogP contribution in [0, 0.1) is 17.3 Å². The largest absolute Gasteiger partial charge is 0.389 e. The van der Waals surface area contributed by atoms with Crippen LogP contribution in [0.1, 0.15) is 53.9 Å². The molecule has 8 nitrogen and oxygen atoms in total. The van der Waals surface area contributed by atoms with Crippen LogP contribution in [0.5, 0.6) is 0 Å². The van der Waals surface area contributed by atoms with E-state index in [4.69, 9.17) is 0 Å². The number of nitrogens with zero attached hydrogens (tertiary/aromatic N) is 2. The minimum Gasteiger partial charge on any atom is -0.343 e. The molecule has 0 radical (unpaired) electrons. The topological polar surface area (TPSA) is 112 Å². The molecule has 0 bridgehead atoms. The summed E-state index contributed by atoms with van der Waals surface area (Å²) in [7, 11) is 0. The molecule has 0 unspecified atom stereocenters. The maximum absolute atomic E-state index is 13.2. The summed E-state index contributed by atoms with van der Waals surface area (Å²) in [6.07, 6.45) is -4.87. The molecule has 12 heteroatoms. The van der Waals surface area contributed by atoms with Gasteiger partial charge in [-0.15, -0.1) is 11.3 Å². The van der Waals surface area contributed by atoms with Gasteiger partial charge in [0.15, 0.2) is 5.13 Å². The van der Waals surface area contributed by atoms with E-state index in [0.29, 0.717) is 5.13 Å². The summed E-state index contributed by atoms with van der Waals surface area (Å²) in [5.74, 6) is -2.55. The van der Waals surface area contributed by atoms with Gasteiger partial charge < -0.3 is 10.6 Å². The second-order valence-electron chi connectivity index (χ2n) is 9.08. The lowest BCUT2D eigenvalue weighted by Gasteiger charge is -2.35. The number of thiazole rings is 1. The normalized spacial score (nSPS) is 15.1. The van der Waals surface area contributed by atoms with Crippen LogP contribution in [0.3, 0.4) is 0 Å². The fraction of sp³-hybridized carbons (Fsp3) is 0.700. The SMILES string of the molecule is CC(C)C[C@H](C(=O)N[C@H](C(=O)Nc1nccs1)C(C)(C)C)[C@H](CCC(F)(F)F)N(O)C=O. The lowest BCUT2D eigenvalue weighted by atomic mass is 9.83. The average Bonchev–Trinajstić information content (AvgIpc) is 3.15. The zero-order chi connectivity index (χ0) is 24.7. The molecule has 3 amide bonds. The first-order valence-corrected chi connectivity index (χ1v) is 11.0. The molecule has 1 heterocycles. The van der Waals surface area contributed by atoms with Gasteiger partial charge in [0.05, 0.1) is 12.0 Å². The van der Waals surface area contributed by atoms with E-state index in [-0.39, 0.29) is 23.8 Å². The smallest absolute Gasteiger partial charge is 0.343 e. The van der Waals surface area contributed by atoms with Crippen molar-refractivity contribution in [2.75, 3.05) is 5.32 Å². The zero-order valence-electron chi connectivity index (χ0n) is 18.8. The van der Waals surface area contributed by atoms with Gasteiger partial charge in [-0.1, -0.05) is 34.6 Å². The number of aromatic nitrogens is 1. The number of halogens is 3. The Morgan fingerprint density at radius 2 is 1.88 bits per heavy atom. The molecular formula is C20H31F3N4O4S. The van der Waals surface area contributed by atoms with Crippen LogP contribution in [0.25, 0.3) is 0 Å². The maximum atomic E-state index is 13.2. The first-order chi connectivity index (χ1) is 14.7. The molecule has 0 aliphatic rings. The van der Waals surface area contributed by atoms with Gasteiger partial charge in [-0.2, -0.15) is 13.2 Å². The van der Waals surface area contributed by atoms with Gasteiger partial charge in [-0.05, 0) is 24.2 Å². The van der Waals surface area contributed by atoms with E-state index >= 15 is 0 Å². The third-order valence-corrected chi connectivity index (χ3v) is 5.46. The molecule has 0 saturated carbocycles. The molecule has 0 aliphatic heterocycles. The van der Waals surface area contributed by atoms with Crippen molar-refractivity contribution < 1.29 is 32.8 Å². The fourth-order valence-electron chi connectivity index (χ4n) is 3.24. The number of alkyl halides is 3. The summed E-state index contributed by atoms with van der Waals surface area (Å²) in [6, 6.07) is -2.45. The monoisotopic (exact) mass is 480 g/mol. The van der Waals surface area contributed by atoms with Crippen molar-refractivity contribution >= 4 is 34.7 Å². The number of hydrogen-bond acceptors (Lipinski definition) is 6. The highest BCUT2D eigenvalue weighted by Crippen LogP contribution is 2.29. The van der Waals surface area contributed by atoms with Gasteiger partial charge in [-0.25, -0.2) is 10.0 Å². The Bertz CT molecular complexity index is 751. The van der Waals surface area contributed by atoms with Crippen molar-refractivity contribution in [3.8, 4) is 0 Å². The molecule has 1 aromatic rings. The Morgan fingerprint density at radius 3 is 2.31 bits per heavy atom. The predicted molar refractivity (Wildman–Crippen MR) is 114 cm³/mol. The molecule has 3 atom stereocenters. The minimum absolute atomic E-state index is 0.0158. The quantitative estimate of drug-likeness (QED) is 0.253. The van der Waals surface area contributed by atoms with E-state index in [1.54, 1.807) is 40.0 Å². The predicted octanol–water partition coefficient (Wildman–Crippen LogP) is 3.83. The number of hydrogen-bond donors (Lipinski definition) is 3. The number of carbonyl (C=O) groups is 3. The zero-order valence-corrected chi connectivity index (χ0v) is 19.6. The molecule has 0 aliphatic carbocycles. The number of carbonyl (C=O) groups excluding carboxylic acids is 3. The summed E-state index contributed by atoms with van der Waals surface area (Å²) in [5.41, 5.74) is -0.746. The van der Waals surface area contributed by atoms with Crippen molar-refractivity contribution in [2.24, 2.45) is 17.3 Å². The highest BCUT2D eigenvalue weighted by atomic mass is 32.1. The summed E-state index contributed by atoms with van der Waals surface area (Å²) in [4.78, 5) is 41.1. The summed E-state index contributed by atoms with van der Waals surface area (Å²) in [6.45, 7) is 8.70. The van der Waals surface area contributed by atoms with Gasteiger partial charge in [0.1, 0.15) is 6.04 Å². The van der Waals surface area contributed by atoms with Crippen LogP contribution in [0.2, 0.25) is 0 Å². The molecule has 0 aromatic carbocycles. The third kappa shape index (κ3) is 9.11. The Kier molecular flexibility index (Phi) is 10.1. The van der Waals surface area contributed by atoms with E-state index in [0.717, 1.165) is 0 Å². The van der Waals surface area contributed by atoms with Crippen molar-refractivity contribution in [3.05, 3.63) is 11.6 Å². The molecule has 32 heavy (non-hydrogen) atoms. The van der Waals surface area contributed by atoms with Gasteiger partial charge in [-0.3, -0.25) is 19.6 Å². The van der Waals surface area contributed by atoms with E-state index in [1.807, 2.05) is 0 Å². The summed E-state index contributed by atoms with van der Waals surface area (Å²) >= 11 is 1.19. The van der Waals surface area contributed by atoms with E-state index in [1.165, 1.54) is 17.5 Å². The average molecular weight is 481 g/mol. The van der Waals surface area contributed by atoms with E-state index in [2.05, 4.69) is 15.6 Å². The van der Waals surface area contributed by atoms with Crippen LogP contribution in [0.4, 0.5) is 18.3 Å². The van der Waals surface area contributed by atoms with E-state index in [9.17, 15) is 32.8 Å². The van der Waals surface area contributed by atoms with Crippen molar-refractivity contribution in [1.29, 1.82) is 0 Å². The van der Waals surface area contributed by atoms with Crippen LogP contribution in [-0.4, -0.2) is 51.7 Å². The van der Waals surface area contributed by atoms with Gasteiger partial charge >= 0.3 is 6.18 Å². The Balaban J connectivity index is 3.16. The maximum Gasteiger partial charge on any atom is 0.389 e. The molecule has 1 rings (SSSR count). The van der Waals surface area contributed by atoms with Gasteiger partial charge in [0, 0.05) is 18.0 Å². The number of hydroxylamine groups is 2. The standard InChI is InChI=1S/C20H31F3N4O4S/c1-12(2)10-13(14(27(31)11-28)6-7-20(21,22)23)16(29)25-15(19(3,4)5)17(30)26-18-24-8-9-32-18/h8-9,11-15,31H,6-7,10H2,1-5H3,(H,25,29)(H,24,26,30)/t13-,14-,15+/m0/s1. The summed E-state index contributed by atoms with van der Waals surface area (Å²) in [5, 5.41) is 17.3. The second kappa shape index (κ2) is 11.6. The third-order valence-electron chi connectivity index (χ3n) is 4.78. The van der Waals surface area contributed by atoms with Crippen LogP contribution >= 0.6 is 11.3 Å². The lowest BCUT2D eigenvalue weighted by Crippen LogP contribution is -2.55. The number of rotatable bonds is 11. The number of nitrogens with one attached hydrogen (secondary N) is 2. The molecule has 3 N–H and O–H groups in total. The minimum atomic E-state index is -4.53. The van der Waals surface area contributed by atoms with Gasteiger partial charge in [0.2, 0.25) is 18.2 Å². The highest BCUT2D eigenvalue weighted by Gasteiger charge is 2.40. The van der Waals surface area contributed by atoms with Crippen LogP contribution in [0.15, 0.2) is 11.6 Å². The Hall–Kier alpha value is -2.21. The molecule has 0 saturated heterocycles. The molecule has 1 aromatic heterocycles. The molecule has 0 spiro atoms. The second-order valence-corrected chi connectivity index (χ2v) is 9.97. The fourth-order valence-corrected chi connectivity index (χ4v) is 3.77. The van der Waals surface area contributed by atoms with E-state index < -0.39 is 54.2 Å². The number of anilines is 1. The Labute approximate surface area is 189 Å². The number of amides is 3. The van der Waals surface area contributed by atoms with Crippen molar-refractivity contribution in [2.45, 2.75) is 72.1 Å². The molecular weight excluding hydrogens is 449 g/mol.